The number of ether oxygens (including phenoxy) is 1. The van der Waals surface area contributed by atoms with E-state index in [-0.39, 0.29) is 5.60 Å². The van der Waals surface area contributed by atoms with Crippen molar-refractivity contribution in [2.45, 2.75) is 44.2 Å². The monoisotopic (exact) mass is 183 g/mol. The molecular formula is C11H21NO. The van der Waals surface area contributed by atoms with Gasteiger partial charge in [-0.3, -0.25) is 0 Å². The highest BCUT2D eigenvalue weighted by molar-refractivity contribution is 5.04. The highest BCUT2D eigenvalue weighted by Gasteiger charge is 2.39. The Bertz CT molecular complexity index is 161. The van der Waals surface area contributed by atoms with Gasteiger partial charge >= 0.3 is 0 Å². The SMILES string of the molecule is C=CC(NC)C1(OCC)CCCC1. The van der Waals surface area contributed by atoms with Gasteiger partial charge in [-0.05, 0) is 26.8 Å². The van der Waals surface area contributed by atoms with E-state index in [1.807, 2.05) is 13.1 Å². The molecule has 0 aromatic carbocycles. The van der Waals surface area contributed by atoms with Gasteiger partial charge in [-0.1, -0.05) is 18.9 Å². The summed E-state index contributed by atoms with van der Waals surface area (Å²) in [7, 11) is 1.98. The highest BCUT2D eigenvalue weighted by atomic mass is 16.5. The third kappa shape index (κ3) is 2.12. The van der Waals surface area contributed by atoms with Crippen molar-refractivity contribution >= 4 is 0 Å². The van der Waals surface area contributed by atoms with Crippen molar-refractivity contribution in [3.05, 3.63) is 12.7 Å². The van der Waals surface area contributed by atoms with Crippen LogP contribution in [0.4, 0.5) is 0 Å². The van der Waals surface area contributed by atoms with Crippen molar-refractivity contribution in [1.29, 1.82) is 0 Å². The summed E-state index contributed by atoms with van der Waals surface area (Å²) in [6.07, 6.45) is 6.87. The van der Waals surface area contributed by atoms with E-state index in [0.717, 1.165) is 6.61 Å². The molecule has 1 unspecified atom stereocenters. The molecule has 1 atom stereocenters. The van der Waals surface area contributed by atoms with Gasteiger partial charge in [-0.25, -0.2) is 0 Å². The minimum absolute atomic E-state index is 0.0330. The Balaban J connectivity index is 2.69. The molecule has 2 heteroatoms. The normalized spacial score (nSPS) is 22.9. The van der Waals surface area contributed by atoms with Crippen LogP contribution in [0, 0.1) is 0 Å². The number of hydrogen-bond acceptors (Lipinski definition) is 2. The Morgan fingerprint density at radius 1 is 1.54 bits per heavy atom. The fraction of sp³-hybridized carbons (Fsp3) is 0.818. The number of rotatable bonds is 5. The average Bonchev–Trinajstić information content (AvgIpc) is 2.57. The largest absolute Gasteiger partial charge is 0.373 e. The Labute approximate surface area is 81.4 Å². The summed E-state index contributed by atoms with van der Waals surface area (Å²) < 4.78 is 5.90. The van der Waals surface area contributed by atoms with Crippen LogP contribution in [-0.4, -0.2) is 25.3 Å². The molecule has 0 heterocycles. The first-order valence-electron chi connectivity index (χ1n) is 5.23. The summed E-state index contributed by atoms with van der Waals surface area (Å²) in [5, 5.41) is 3.28. The standard InChI is InChI=1S/C11H21NO/c1-4-10(12-3)11(13-5-2)8-6-7-9-11/h4,10,12H,1,5-9H2,2-3H3. The third-order valence-electron chi connectivity index (χ3n) is 3.00. The molecule has 2 nitrogen and oxygen atoms in total. The van der Waals surface area contributed by atoms with E-state index in [9.17, 15) is 0 Å². The minimum Gasteiger partial charge on any atom is -0.373 e. The summed E-state index contributed by atoms with van der Waals surface area (Å²) >= 11 is 0. The van der Waals surface area contributed by atoms with Crippen LogP contribution in [0.2, 0.25) is 0 Å². The number of likely N-dealkylation sites (N-methyl/N-ethyl adjacent to an activating group) is 1. The van der Waals surface area contributed by atoms with E-state index in [2.05, 4.69) is 18.8 Å². The zero-order valence-electron chi connectivity index (χ0n) is 8.81. The van der Waals surface area contributed by atoms with Crippen LogP contribution in [0.1, 0.15) is 32.6 Å². The predicted molar refractivity (Wildman–Crippen MR) is 55.9 cm³/mol. The number of hydrogen-bond donors (Lipinski definition) is 1. The van der Waals surface area contributed by atoms with Gasteiger partial charge in [0.2, 0.25) is 0 Å². The first-order valence-corrected chi connectivity index (χ1v) is 5.23. The summed E-state index contributed by atoms with van der Waals surface area (Å²) in [6.45, 7) is 6.72. The number of nitrogens with one attached hydrogen (secondary N) is 1. The second kappa shape index (κ2) is 4.77. The quantitative estimate of drug-likeness (QED) is 0.659. The van der Waals surface area contributed by atoms with Gasteiger partial charge in [-0.2, -0.15) is 0 Å². The molecule has 0 spiro atoms. The van der Waals surface area contributed by atoms with Crippen LogP contribution in [-0.2, 0) is 4.74 Å². The first kappa shape index (κ1) is 10.7. The Morgan fingerprint density at radius 3 is 2.54 bits per heavy atom. The predicted octanol–water partition coefficient (Wildman–Crippen LogP) is 2.11. The van der Waals surface area contributed by atoms with E-state index in [0.29, 0.717) is 6.04 Å². The van der Waals surface area contributed by atoms with Crippen molar-refractivity contribution in [1.82, 2.24) is 5.32 Å². The van der Waals surface area contributed by atoms with Gasteiger partial charge in [0.05, 0.1) is 11.6 Å². The van der Waals surface area contributed by atoms with Crippen LogP contribution >= 0.6 is 0 Å². The van der Waals surface area contributed by atoms with Gasteiger partial charge in [-0.15, -0.1) is 6.58 Å². The maximum absolute atomic E-state index is 5.90. The van der Waals surface area contributed by atoms with Gasteiger partial charge in [0.15, 0.2) is 0 Å². The first-order chi connectivity index (χ1) is 6.29. The van der Waals surface area contributed by atoms with Crippen molar-refractivity contribution < 1.29 is 4.74 Å². The molecule has 0 radical (unpaired) electrons. The fourth-order valence-corrected chi connectivity index (χ4v) is 2.40. The van der Waals surface area contributed by atoms with Crippen molar-refractivity contribution in [3.8, 4) is 0 Å². The van der Waals surface area contributed by atoms with Gasteiger partial charge < -0.3 is 10.1 Å². The van der Waals surface area contributed by atoms with Crippen LogP contribution < -0.4 is 5.32 Å². The molecule has 0 aromatic heterocycles. The van der Waals surface area contributed by atoms with Crippen LogP contribution in [0.15, 0.2) is 12.7 Å². The van der Waals surface area contributed by atoms with E-state index in [1.165, 1.54) is 25.7 Å². The third-order valence-corrected chi connectivity index (χ3v) is 3.00. The average molecular weight is 183 g/mol. The van der Waals surface area contributed by atoms with Gasteiger partial charge in [0, 0.05) is 6.61 Å². The van der Waals surface area contributed by atoms with E-state index in [1.54, 1.807) is 0 Å². The van der Waals surface area contributed by atoms with E-state index < -0.39 is 0 Å². The lowest BCUT2D eigenvalue weighted by Gasteiger charge is -2.35. The molecule has 76 valence electrons. The Kier molecular flexibility index (Phi) is 3.94. The molecule has 0 aliphatic heterocycles. The summed E-state index contributed by atoms with van der Waals surface area (Å²) in [6, 6.07) is 0.301. The molecular weight excluding hydrogens is 162 g/mol. The summed E-state index contributed by atoms with van der Waals surface area (Å²) in [5.74, 6) is 0. The molecule has 1 saturated carbocycles. The lowest BCUT2D eigenvalue weighted by molar-refractivity contribution is -0.0488. The Morgan fingerprint density at radius 2 is 2.15 bits per heavy atom. The van der Waals surface area contributed by atoms with Crippen molar-refractivity contribution in [2.24, 2.45) is 0 Å². The molecule has 1 fully saturated rings. The van der Waals surface area contributed by atoms with E-state index in [4.69, 9.17) is 4.74 Å². The Hall–Kier alpha value is -0.340. The van der Waals surface area contributed by atoms with Crippen LogP contribution in [0.5, 0.6) is 0 Å². The summed E-state index contributed by atoms with van der Waals surface area (Å²) in [5.41, 5.74) is 0.0330. The van der Waals surface area contributed by atoms with Crippen molar-refractivity contribution in [3.63, 3.8) is 0 Å². The summed E-state index contributed by atoms with van der Waals surface area (Å²) in [4.78, 5) is 0. The highest BCUT2D eigenvalue weighted by Crippen LogP contribution is 2.36. The molecule has 1 N–H and O–H groups in total. The molecule has 0 aromatic rings. The van der Waals surface area contributed by atoms with Crippen molar-refractivity contribution in [2.75, 3.05) is 13.7 Å². The zero-order valence-corrected chi connectivity index (χ0v) is 8.81. The molecule has 1 rings (SSSR count). The molecule has 0 saturated heterocycles. The maximum Gasteiger partial charge on any atom is 0.0870 e. The molecule has 1 aliphatic rings. The lowest BCUT2D eigenvalue weighted by Crippen LogP contribution is -2.48. The lowest BCUT2D eigenvalue weighted by atomic mass is 9.92. The van der Waals surface area contributed by atoms with Gasteiger partial charge in [0.1, 0.15) is 0 Å². The minimum atomic E-state index is 0.0330. The van der Waals surface area contributed by atoms with Crippen LogP contribution in [0.25, 0.3) is 0 Å². The molecule has 13 heavy (non-hydrogen) atoms. The molecule has 1 aliphatic carbocycles. The molecule has 0 bridgehead atoms. The second-order valence-electron chi connectivity index (χ2n) is 3.71. The second-order valence-corrected chi connectivity index (χ2v) is 3.71. The maximum atomic E-state index is 5.90. The zero-order chi connectivity index (χ0) is 9.73. The molecule has 0 amide bonds. The smallest absolute Gasteiger partial charge is 0.0870 e. The van der Waals surface area contributed by atoms with Gasteiger partial charge in [0.25, 0.3) is 0 Å². The topological polar surface area (TPSA) is 21.3 Å². The van der Waals surface area contributed by atoms with Crippen LogP contribution in [0.3, 0.4) is 0 Å². The van der Waals surface area contributed by atoms with E-state index >= 15 is 0 Å². The fourth-order valence-electron chi connectivity index (χ4n) is 2.40.